The molecule has 0 fully saturated rings. The molecule has 548 valence electrons. The van der Waals surface area contributed by atoms with E-state index >= 15 is 0 Å². The summed E-state index contributed by atoms with van der Waals surface area (Å²) in [5.41, 5.74) is 4.03. The fraction of sp³-hybridized carbons (Fsp3) is 0.0526. The minimum atomic E-state index is -0.992. The fourth-order valence-corrected chi connectivity index (χ4v) is 8.25. The first-order chi connectivity index (χ1) is 50.7. The molecule has 22 nitrogen and oxygen atoms in total. The Morgan fingerprint density at radius 2 is 0.694 bits per heavy atom. The number of halogens is 6. The van der Waals surface area contributed by atoms with Crippen molar-refractivity contribution >= 4 is 48.1 Å². The van der Waals surface area contributed by atoms with Crippen molar-refractivity contribution < 1.29 is 107 Å². The molecule has 0 amide bonds. The van der Waals surface area contributed by atoms with Gasteiger partial charge in [0.1, 0.15) is 11.9 Å². The van der Waals surface area contributed by atoms with Crippen LogP contribution in [0.15, 0.2) is 240 Å². The molecule has 32 heteroatoms. The fourth-order valence-electron chi connectivity index (χ4n) is 8.25. The monoisotopic (exact) mass is 2160 g/mol. The van der Waals surface area contributed by atoms with Gasteiger partial charge in [-0.1, -0.05) is 51.6 Å². The van der Waals surface area contributed by atoms with Gasteiger partial charge in [0.15, 0.2) is 0 Å². The molecule has 0 spiro atoms. The van der Waals surface area contributed by atoms with Crippen LogP contribution in [0.25, 0.3) is 45.6 Å². The first-order valence-electron chi connectivity index (χ1n) is 30.6. The van der Waals surface area contributed by atoms with Gasteiger partial charge in [-0.15, -0.1) is 117 Å². The number of pyridine rings is 1. The van der Waals surface area contributed by atoms with Gasteiger partial charge in [0, 0.05) is 66.8 Å². The predicted octanol–water partition coefficient (Wildman–Crippen LogP) is 13.1. The molecule has 108 heavy (non-hydrogen) atoms. The topological polar surface area (TPSA) is 215 Å². The number of anilines is 4. The Morgan fingerprint density at radius 1 is 0.361 bits per heavy atom. The summed E-state index contributed by atoms with van der Waals surface area (Å²) in [4.78, 5) is 41.6. The SMILES string of the molecule is CN1C=NN(c2[c-]cccc2)[CH-]1.CN1C=NN(c2[c-]cccc2)[CH-]1.CN1C=NN(c2[c-]cccc2)[CH-]1.CN1C=NN(c2[c-]cccc2)[CH-]1.Fc1c[c-]c(-c2ncccn2)c(F)c1.Fc1c[c-]c(-c2ncccn2)c(F)n1.N#Cc1c(F)c[c-]c(-c2ncccn2)c1F.[Ir+3].[Ir+3].[Ir+3].[Ir+3].[c-]1ccccc1-c1ncccn1. The van der Waals surface area contributed by atoms with Gasteiger partial charge in [-0.3, -0.25) is 62.4 Å². The van der Waals surface area contributed by atoms with E-state index in [1.165, 1.54) is 43.3 Å². The first-order valence-corrected chi connectivity index (χ1v) is 30.6. The van der Waals surface area contributed by atoms with E-state index in [-0.39, 0.29) is 115 Å². The van der Waals surface area contributed by atoms with Crippen molar-refractivity contribution in [3.8, 4) is 51.6 Å². The Kier molecular flexibility index (Phi) is 37.8. The van der Waals surface area contributed by atoms with Gasteiger partial charge in [-0.25, -0.2) is 8.78 Å². The van der Waals surface area contributed by atoms with Gasteiger partial charge in [0.25, 0.3) is 0 Å². The Bertz CT molecular complexity index is 4360. The van der Waals surface area contributed by atoms with Crippen molar-refractivity contribution in [1.82, 2.24) is 64.5 Å². The summed E-state index contributed by atoms with van der Waals surface area (Å²) in [5.74, 6) is -4.07. The number of para-hydroxylation sites is 4. The van der Waals surface area contributed by atoms with E-state index in [1.54, 1.807) is 82.0 Å². The van der Waals surface area contributed by atoms with E-state index in [0.29, 0.717) is 0 Å². The van der Waals surface area contributed by atoms with Crippen LogP contribution < -0.4 is 20.0 Å². The van der Waals surface area contributed by atoms with Crippen LogP contribution in [0.2, 0.25) is 0 Å². The number of aromatic nitrogens is 9. The van der Waals surface area contributed by atoms with Crippen molar-refractivity contribution in [3.63, 3.8) is 0 Å². The van der Waals surface area contributed by atoms with Gasteiger partial charge in [-0.05, 0) is 52.5 Å². The zero-order valence-corrected chi connectivity index (χ0v) is 66.4. The Labute approximate surface area is 675 Å². The zero-order chi connectivity index (χ0) is 73.3. The maximum atomic E-state index is 13.6. The molecule has 0 aliphatic carbocycles. The van der Waals surface area contributed by atoms with Crippen LogP contribution in [-0.4, -0.2) is 118 Å². The summed E-state index contributed by atoms with van der Waals surface area (Å²) in [5, 5.41) is 32.2. The Balaban J connectivity index is 0.000000220. The largest absolute Gasteiger partial charge is 3.00 e. The van der Waals surface area contributed by atoms with Crippen LogP contribution >= 0.6 is 0 Å². The number of nitriles is 1. The molecule has 7 aromatic carbocycles. The van der Waals surface area contributed by atoms with E-state index < -0.39 is 40.7 Å². The van der Waals surface area contributed by atoms with Crippen molar-refractivity contribution in [2.45, 2.75) is 0 Å². The zero-order valence-electron chi connectivity index (χ0n) is 56.8. The molecule has 4 aliphatic heterocycles. The van der Waals surface area contributed by atoms with Crippen molar-refractivity contribution in [3.05, 3.63) is 335 Å². The van der Waals surface area contributed by atoms with Crippen molar-refractivity contribution in [2.24, 2.45) is 20.4 Å². The second-order valence-electron chi connectivity index (χ2n) is 20.7. The second kappa shape index (κ2) is 46.7. The molecule has 16 rings (SSSR count). The van der Waals surface area contributed by atoms with E-state index in [9.17, 15) is 26.3 Å². The minimum Gasteiger partial charge on any atom is -0.493 e. The molecule has 0 radical (unpaired) electrons. The van der Waals surface area contributed by atoms with Gasteiger partial charge in [0.2, 0.25) is 0 Å². The summed E-state index contributed by atoms with van der Waals surface area (Å²) in [7, 11) is 7.75. The smallest absolute Gasteiger partial charge is 0.493 e. The molecule has 4 aliphatic rings. The molecule has 12 aromatic rings. The molecule has 0 saturated carbocycles. The van der Waals surface area contributed by atoms with E-state index in [1.807, 2.05) is 196 Å². The first kappa shape index (κ1) is 87.4. The van der Waals surface area contributed by atoms with Crippen LogP contribution in [0.4, 0.5) is 49.1 Å². The van der Waals surface area contributed by atoms with Gasteiger partial charge in [0.05, 0.1) is 66.4 Å². The summed E-state index contributed by atoms with van der Waals surface area (Å²) in [6, 6.07) is 72.9. The molecule has 5 aromatic heterocycles. The third-order valence-electron chi connectivity index (χ3n) is 13.0. The molecule has 0 N–H and O–H groups in total. The maximum absolute atomic E-state index is 13.6. The average molecular weight is 2160 g/mol. The number of hydrogen-bond donors (Lipinski definition) is 0. The number of hydrogen-bond acceptors (Lipinski definition) is 22. The molecular formula is C76H56F6Ir4N22. The summed E-state index contributed by atoms with van der Waals surface area (Å²) >= 11 is 0. The van der Waals surface area contributed by atoms with E-state index in [0.717, 1.165) is 58.4 Å². The number of hydrazone groups is 4. The van der Waals surface area contributed by atoms with Gasteiger partial charge >= 0.3 is 80.4 Å². The number of benzene rings is 7. The van der Waals surface area contributed by atoms with E-state index in [2.05, 4.69) is 114 Å². The standard InChI is InChI=1S/C11H4F2N3.C10H5F2N2.C10H7N2.C9H4F2N3.4C9H9N3.4Ir/c12-9-3-2-7(10(13)8(9)6-14)11-15-4-1-5-16-11;11-7-2-3-8(9(12)6-7)10-13-4-1-5-14-10;1-2-5-9(6-3-1)10-11-7-4-8-12-10;10-7-3-2-6(8(11)14-7)9-12-4-1-5-13-9;4*1-11-7-10-12(8-11)9-5-3-2-4-6-9;;;;/h1,3-5H;1-2,4-6H;1-5,7-8H;1,3-5H;4*2-5,7-8H,1H3;;;;/q4*-1;4*-2;4*+3. The molecule has 0 saturated heterocycles. The van der Waals surface area contributed by atoms with Crippen LogP contribution in [0.1, 0.15) is 5.56 Å². The van der Waals surface area contributed by atoms with Gasteiger partial charge < -0.3 is 39.6 Å². The predicted molar refractivity (Wildman–Crippen MR) is 381 cm³/mol. The van der Waals surface area contributed by atoms with Crippen LogP contribution in [0, 0.1) is 122 Å². The molecule has 0 unspecified atom stereocenters. The summed E-state index contributed by atoms with van der Waals surface area (Å²) in [6.07, 6.45) is 19.2. The molecule has 0 atom stereocenters. The van der Waals surface area contributed by atoms with Crippen LogP contribution in [0.3, 0.4) is 0 Å². The third-order valence-corrected chi connectivity index (χ3v) is 13.0. The normalized spacial score (nSPS) is 12.2. The van der Waals surface area contributed by atoms with Crippen LogP contribution in [0.5, 0.6) is 0 Å². The van der Waals surface area contributed by atoms with Crippen molar-refractivity contribution in [2.75, 3.05) is 48.2 Å². The quantitative estimate of drug-likeness (QED) is 0.0785. The minimum absolute atomic E-state index is 0. The second-order valence-corrected chi connectivity index (χ2v) is 20.7. The average Bonchev–Trinajstić information content (AvgIpc) is 1.13. The Hall–Kier alpha value is -11.2. The molecule has 0 bridgehead atoms. The summed E-state index contributed by atoms with van der Waals surface area (Å²) in [6.45, 7) is 7.58. The van der Waals surface area contributed by atoms with Crippen molar-refractivity contribution in [1.29, 1.82) is 5.26 Å². The Morgan fingerprint density at radius 3 is 1.01 bits per heavy atom. The van der Waals surface area contributed by atoms with Gasteiger partial charge in [-0.2, -0.15) is 123 Å². The molecular weight excluding hydrogens is 2100 g/mol. The number of rotatable bonds is 8. The molecule has 9 heterocycles. The summed E-state index contributed by atoms with van der Waals surface area (Å²) < 4.78 is 77.9. The maximum Gasteiger partial charge on any atom is 3.00 e. The number of nitrogens with zero attached hydrogens (tertiary/aromatic N) is 22. The third kappa shape index (κ3) is 27.6. The van der Waals surface area contributed by atoms with Crippen LogP contribution in [-0.2, 0) is 80.4 Å². The van der Waals surface area contributed by atoms with E-state index in [4.69, 9.17) is 5.26 Å².